The third-order valence-corrected chi connectivity index (χ3v) is 3.29. The third-order valence-electron chi connectivity index (χ3n) is 2.76. The Balaban J connectivity index is 2.07. The van der Waals surface area contributed by atoms with E-state index < -0.39 is 0 Å². The second-order valence-corrected chi connectivity index (χ2v) is 5.13. The van der Waals surface area contributed by atoms with Gasteiger partial charge in [-0.15, -0.1) is 0 Å². The van der Waals surface area contributed by atoms with Gasteiger partial charge in [0.25, 0.3) is 0 Å². The van der Waals surface area contributed by atoms with Gasteiger partial charge >= 0.3 is 0 Å². The van der Waals surface area contributed by atoms with Crippen molar-refractivity contribution in [2.75, 3.05) is 31.7 Å². The van der Waals surface area contributed by atoms with Gasteiger partial charge in [-0.1, -0.05) is 15.9 Å². The Morgan fingerprint density at radius 1 is 1.32 bits per heavy atom. The van der Waals surface area contributed by atoms with Crippen LogP contribution in [0, 0.1) is 0 Å². The predicted octanol–water partition coefficient (Wildman–Crippen LogP) is 2.10. The lowest BCUT2D eigenvalue weighted by molar-refractivity contribution is -0.112. The molecule has 6 heteroatoms. The van der Waals surface area contributed by atoms with E-state index in [1.54, 1.807) is 0 Å². The molecule has 5 nitrogen and oxygen atoms in total. The number of nitrogens with one attached hydrogen (secondary N) is 1. The van der Waals surface area contributed by atoms with Gasteiger partial charge in [0.2, 0.25) is 0 Å². The Hall–Kier alpha value is -1.40. The quantitative estimate of drug-likeness (QED) is 0.525. The highest BCUT2D eigenvalue weighted by Gasteiger charge is 2.18. The number of hydrogen-bond donors (Lipinski definition) is 1. The van der Waals surface area contributed by atoms with E-state index in [0.29, 0.717) is 32.1 Å². The van der Waals surface area contributed by atoms with Gasteiger partial charge in [-0.05, 0) is 24.3 Å². The van der Waals surface area contributed by atoms with Crippen LogP contribution >= 0.6 is 15.9 Å². The molecule has 0 aliphatic carbocycles. The van der Waals surface area contributed by atoms with Crippen LogP contribution in [0.2, 0.25) is 0 Å². The Bertz CT molecular complexity index is 467. The van der Waals surface area contributed by atoms with Crippen molar-refractivity contribution in [3.8, 4) is 0 Å². The van der Waals surface area contributed by atoms with Crippen molar-refractivity contribution < 1.29 is 9.53 Å². The average Bonchev–Trinajstić information content (AvgIpc) is 2.42. The monoisotopic (exact) mass is 325 g/mol. The number of ether oxygens (including phenoxy) is 1. The third kappa shape index (κ3) is 4.04. The van der Waals surface area contributed by atoms with Crippen LogP contribution in [0.1, 0.15) is 6.92 Å². The molecule has 102 valence electrons. The Labute approximate surface area is 120 Å². The normalized spacial score (nSPS) is 16.3. The van der Waals surface area contributed by atoms with Gasteiger partial charge in [0, 0.05) is 24.5 Å². The van der Waals surface area contributed by atoms with Crippen molar-refractivity contribution in [1.29, 1.82) is 0 Å². The number of benzene rings is 1. The van der Waals surface area contributed by atoms with Gasteiger partial charge in [-0.2, -0.15) is 5.10 Å². The molecule has 1 aromatic rings. The average molecular weight is 326 g/mol. The number of amidine groups is 1. The minimum Gasteiger partial charge on any atom is -0.378 e. The van der Waals surface area contributed by atoms with E-state index in [1.165, 1.54) is 6.92 Å². The standard InChI is InChI=1S/C13H16BrN3O2/c1-10(18)13(17-6-8-19-9-7-17)16-15-12-4-2-11(14)3-5-12/h2-5,15H,6-9H2,1H3/b16-13-. The summed E-state index contributed by atoms with van der Waals surface area (Å²) in [6, 6.07) is 7.62. The van der Waals surface area contributed by atoms with Crippen molar-refractivity contribution in [3.05, 3.63) is 28.7 Å². The number of anilines is 1. The number of halogens is 1. The summed E-state index contributed by atoms with van der Waals surface area (Å²) in [6.07, 6.45) is 0. The van der Waals surface area contributed by atoms with Gasteiger partial charge < -0.3 is 9.64 Å². The van der Waals surface area contributed by atoms with E-state index in [-0.39, 0.29) is 5.78 Å². The molecule has 2 rings (SSSR count). The molecular formula is C13H16BrN3O2. The van der Waals surface area contributed by atoms with Crippen molar-refractivity contribution in [1.82, 2.24) is 4.90 Å². The smallest absolute Gasteiger partial charge is 0.196 e. The summed E-state index contributed by atoms with van der Waals surface area (Å²) in [6.45, 7) is 4.17. The molecule has 1 saturated heterocycles. The second kappa shape index (κ2) is 6.68. The summed E-state index contributed by atoms with van der Waals surface area (Å²) in [7, 11) is 0. The van der Waals surface area contributed by atoms with Crippen molar-refractivity contribution in [2.24, 2.45) is 5.10 Å². The van der Waals surface area contributed by atoms with E-state index in [9.17, 15) is 4.79 Å². The molecular weight excluding hydrogens is 310 g/mol. The molecule has 1 heterocycles. The van der Waals surface area contributed by atoms with Gasteiger partial charge in [0.05, 0.1) is 18.9 Å². The number of Topliss-reactive ketones (excluding diaryl/α,β-unsaturated/α-hetero) is 1. The number of rotatable bonds is 3. The summed E-state index contributed by atoms with van der Waals surface area (Å²) >= 11 is 3.37. The number of carbonyl (C=O) groups is 1. The molecule has 0 bridgehead atoms. The topological polar surface area (TPSA) is 53.9 Å². The number of ketones is 1. The van der Waals surface area contributed by atoms with E-state index in [0.717, 1.165) is 10.2 Å². The number of morpholine rings is 1. The van der Waals surface area contributed by atoms with Crippen molar-refractivity contribution in [3.63, 3.8) is 0 Å². The van der Waals surface area contributed by atoms with Gasteiger partial charge in [-0.25, -0.2) is 0 Å². The molecule has 0 aromatic heterocycles. The van der Waals surface area contributed by atoms with Gasteiger partial charge in [0.1, 0.15) is 0 Å². The van der Waals surface area contributed by atoms with E-state index in [4.69, 9.17) is 4.74 Å². The van der Waals surface area contributed by atoms with Crippen LogP contribution in [0.3, 0.4) is 0 Å². The van der Waals surface area contributed by atoms with Crippen LogP contribution in [0.25, 0.3) is 0 Å². The van der Waals surface area contributed by atoms with Crippen molar-refractivity contribution in [2.45, 2.75) is 6.92 Å². The molecule has 1 fully saturated rings. The fourth-order valence-electron chi connectivity index (χ4n) is 1.79. The molecule has 0 saturated carbocycles. The second-order valence-electron chi connectivity index (χ2n) is 4.21. The minimum atomic E-state index is -0.0495. The van der Waals surface area contributed by atoms with Crippen LogP contribution in [0.4, 0.5) is 5.69 Å². The van der Waals surface area contributed by atoms with E-state index in [1.807, 2.05) is 29.2 Å². The number of carbonyl (C=O) groups excluding carboxylic acids is 1. The zero-order valence-corrected chi connectivity index (χ0v) is 12.3. The summed E-state index contributed by atoms with van der Waals surface area (Å²) in [5, 5.41) is 4.22. The largest absolute Gasteiger partial charge is 0.378 e. The maximum absolute atomic E-state index is 11.7. The highest BCUT2D eigenvalue weighted by molar-refractivity contribution is 9.10. The van der Waals surface area contributed by atoms with Gasteiger partial charge in [-0.3, -0.25) is 10.2 Å². The molecule has 0 radical (unpaired) electrons. The zero-order valence-electron chi connectivity index (χ0n) is 10.7. The summed E-state index contributed by atoms with van der Waals surface area (Å²) in [5.41, 5.74) is 3.76. The molecule has 1 aromatic carbocycles. The first-order chi connectivity index (χ1) is 9.16. The minimum absolute atomic E-state index is 0.0495. The molecule has 0 amide bonds. The highest BCUT2D eigenvalue weighted by atomic mass is 79.9. The lowest BCUT2D eigenvalue weighted by atomic mass is 10.3. The number of hydrogen-bond acceptors (Lipinski definition) is 4. The first-order valence-electron chi connectivity index (χ1n) is 6.10. The van der Waals surface area contributed by atoms with Gasteiger partial charge in [0.15, 0.2) is 11.6 Å². The SMILES string of the molecule is CC(=O)/C(=N/Nc1ccc(Br)cc1)N1CCOCC1. The molecule has 1 aliphatic rings. The molecule has 0 spiro atoms. The molecule has 19 heavy (non-hydrogen) atoms. The molecule has 0 unspecified atom stereocenters. The van der Waals surface area contributed by atoms with Crippen LogP contribution in [0.5, 0.6) is 0 Å². The first kappa shape index (κ1) is 14.0. The lowest BCUT2D eigenvalue weighted by Gasteiger charge is -2.28. The number of nitrogens with zero attached hydrogens (tertiary/aromatic N) is 2. The lowest BCUT2D eigenvalue weighted by Crippen LogP contribution is -2.44. The number of hydrazone groups is 1. The summed E-state index contributed by atoms with van der Waals surface area (Å²) in [5.74, 6) is 0.401. The Morgan fingerprint density at radius 3 is 2.53 bits per heavy atom. The molecule has 1 N–H and O–H groups in total. The van der Waals surface area contributed by atoms with Crippen LogP contribution < -0.4 is 5.43 Å². The van der Waals surface area contributed by atoms with Crippen LogP contribution in [0.15, 0.2) is 33.8 Å². The highest BCUT2D eigenvalue weighted by Crippen LogP contribution is 2.14. The maximum Gasteiger partial charge on any atom is 0.196 e. The summed E-state index contributed by atoms with van der Waals surface area (Å²) in [4.78, 5) is 13.6. The predicted molar refractivity (Wildman–Crippen MR) is 78.3 cm³/mol. The fraction of sp³-hybridized carbons (Fsp3) is 0.385. The maximum atomic E-state index is 11.7. The van der Waals surface area contributed by atoms with Crippen molar-refractivity contribution >= 4 is 33.2 Å². The van der Waals surface area contributed by atoms with Crippen LogP contribution in [-0.4, -0.2) is 42.8 Å². The summed E-state index contributed by atoms with van der Waals surface area (Å²) < 4.78 is 6.27. The molecule has 1 aliphatic heterocycles. The van der Waals surface area contributed by atoms with E-state index in [2.05, 4.69) is 26.5 Å². The Kier molecular flexibility index (Phi) is 4.93. The van der Waals surface area contributed by atoms with E-state index >= 15 is 0 Å². The Morgan fingerprint density at radius 2 is 1.95 bits per heavy atom. The fourth-order valence-corrected chi connectivity index (χ4v) is 2.05. The first-order valence-corrected chi connectivity index (χ1v) is 6.89. The molecule has 0 atom stereocenters. The van der Waals surface area contributed by atoms with Crippen LogP contribution in [-0.2, 0) is 9.53 Å². The zero-order chi connectivity index (χ0) is 13.7.